The summed E-state index contributed by atoms with van der Waals surface area (Å²) in [5, 5.41) is 7.17. The third-order valence-electron chi connectivity index (χ3n) is 3.67. The number of hydrogen-bond acceptors (Lipinski definition) is 1. The van der Waals surface area contributed by atoms with Crippen LogP contribution in [0.3, 0.4) is 0 Å². The van der Waals surface area contributed by atoms with Gasteiger partial charge in [-0.1, -0.05) is 36.4 Å². The standard InChI is InChI=1S/C17H13NS/c1-12-6-2-4-8-15(12)18-16-9-5-3-7-13(16)14-10-19-11-17(14)18/h2-11H,1H3. The second kappa shape index (κ2) is 3.97. The van der Waals surface area contributed by atoms with Gasteiger partial charge < -0.3 is 4.57 Å². The second-order valence-corrected chi connectivity index (χ2v) is 5.55. The highest BCUT2D eigenvalue weighted by molar-refractivity contribution is 7.09. The number of rotatable bonds is 1. The van der Waals surface area contributed by atoms with Crippen LogP contribution in [0.4, 0.5) is 0 Å². The molecule has 0 saturated carbocycles. The number of aromatic nitrogens is 1. The first-order chi connectivity index (χ1) is 9.36. The van der Waals surface area contributed by atoms with Crippen LogP contribution in [-0.2, 0) is 0 Å². The fourth-order valence-corrected chi connectivity index (χ4v) is 3.58. The predicted octanol–water partition coefficient (Wildman–Crippen LogP) is 5.15. The molecular formula is C17H13NS. The Hall–Kier alpha value is -2.06. The Labute approximate surface area is 115 Å². The van der Waals surface area contributed by atoms with Crippen molar-refractivity contribution in [2.24, 2.45) is 0 Å². The van der Waals surface area contributed by atoms with E-state index in [4.69, 9.17) is 0 Å². The van der Waals surface area contributed by atoms with E-state index in [0.717, 1.165) is 0 Å². The van der Waals surface area contributed by atoms with Crippen LogP contribution in [0.1, 0.15) is 5.56 Å². The molecule has 0 amide bonds. The summed E-state index contributed by atoms with van der Waals surface area (Å²) in [6, 6.07) is 17.2. The van der Waals surface area contributed by atoms with E-state index >= 15 is 0 Å². The van der Waals surface area contributed by atoms with Crippen LogP contribution < -0.4 is 0 Å². The monoisotopic (exact) mass is 263 g/mol. The second-order valence-electron chi connectivity index (χ2n) is 4.81. The lowest BCUT2D eigenvalue weighted by atomic mass is 10.2. The SMILES string of the molecule is Cc1ccccc1-n1c2ccccc2c2cscc21. The maximum absolute atomic E-state index is 2.37. The van der Waals surface area contributed by atoms with Crippen LogP contribution in [0.15, 0.2) is 59.3 Å². The van der Waals surface area contributed by atoms with Crippen LogP contribution in [-0.4, -0.2) is 4.57 Å². The molecule has 2 aromatic heterocycles. The third kappa shape index (κ3) is 1.47. The van der Waals surface area contributed by atoms with Crippen molar-refractivity contribution >= 4 is 33.1 Å². The Morgan fingerprint density at radius 1 is 0.789 bits per heavy atom. The molecule has 4 aromatic rings. The molecule has 0 spiro atoms. The van der Waals surface area contributed by atoms with Crippen molar-refractivity contribution in [1.82, 2.24) is 4.57 Å². The predicted molar refractivity (Wildman–Crippen MR) is 83.4 cm³/mol. The smallest absolute Gasteiger partial charge is 0.0648 e. The number of benzene rings is 2. The minimum atomic E-state index is 1.27. The Balaban J connectivity index is 2.23. The van der Waals surface area contributed by atoms with E-state index in [9.17, 15) is 0 Å². The zero-order chi connectivity index (χ0) is 12.8. The Kier molecular flexibility index (Phi) is 2.26. The van der Waals surface area contributed by atoms with Gasteiger partial charge in [-0.3, -0.25) is 0 Å². The average molecular weight is 263 g/mol. The first kappa shape index (κ1) is 10.8. The minimum absolute atomic E-state index is 1.27. The number of nitrogens with zero attached hydrogens (tertiary/aromatic N) is 1. The summed E-state index contributed by atoms with van der Waals surface area (Å²) in [7, 11) is 0. The quantitative estimate of drug-likeness (QED) is 0.447. The maximum Gasteiger partial charge on any atom is 0.0648 e. The fraction of sp³-hybridized carbons (Fsp3) is 0.0588. The molecule has 0 saturated heterocycles. The van der Waals surface area contributed by atoms with E-state index in [1.165, 1.54) is 33.1 Å². The molecule has 2 aromatic carbocycles. The summed E-state index contributed by atoms with van der Waals surface area (Å²) < 4.78 is 2.37. The fourth-order valence-electron chi connectivity index (χ4n) is 2.76. The van der Waals surface area contributed by atoms with Gasteiger partial charge in [-0.25, -0.2) is 0 Å². The first-order valence-electron chi connectivity index (χ1n) is 6.37. The third-order valence-corrected chi connectivity index (χ3v) is 4.41. The van der Waals surface area contributed by atoms with Crippen molar-refractivity contribution in [1.29, 1.82) is 0 Å². The van der Waals surface area contributed by atoms with Crippen LogP contribution in [0, 0.1) is 6.92 Å². The number of hydrogen-bond donors (Lipinski definition) is 0. The molecule has 2 heteroatoms. The highest BCUT2D eigenvalue weighted by Crippen LogP contribution is 2.34. The first-order valence-corrected chi connectivity index (χ1v) is 7.32. The molecule has 92 valence electrons. The number of thiophene rings is 1. The van der Waals surface area contributed by atoms with Gasteiger partial charge in [-0.15, -0.1) is 11.3 Å². The summed E-state index contributed by atoms with van der Waals surface area (Å²) >= 11 is 1.77. The van der Waals surface area contributed by atoms with E-state index in [2.05, 4.69) is 70.8 Å². The van der Waals surface area contributed by atoms with Crippen molar-refractivity contribution in [3.05, 3.63) is 64.9 Å². The highest BCUT2D eigenvalue weighted by atomic mass is 32.1. The molecule has 0 N–H and O–H groups in total. The number of fused-ring (bicyclic) bond motifs is 3. The largest absolute Gasteiger partial charge is 0.308 e. The minimum Gasteiger partial charge on any atom is -0.308 e. The van der Waals surface area contributed by atoms with Crippen LogP contribution in [0.2, 0.25) is 0 Å². The van der Waals surface area contributed by atoms with Crippen LogP contribution in [0.5, 0.6) is 0 Å². The normalized spacial score (nSPS) is 11.4. The van der Waals surface area contributed by atoms with Gasteiger partial charge in [0.05, 0.1) is 11.0 Å². The zero-order valence-corrected chi connectivity index (χ0v) is 11.4. The van der Waals surface area contributed by atoms with Gasteiger partial charge in [0.15, 0.2) is 0 Å². The Bertz CT molecular complexity index is 882. The topological polar surface area (TPSA) is 4.93 Å². The highest BCUT2D eigenvalue weighted by Gasteiger charge is 2.12. The molecule has 0 unspecified atom stereocenters. The molecule has 0 bridgehead atoms. The Morgan fingerprint density at radius 2 is 1.58 bits per heavy atom. The van der Waals surface area contributed by atoms with E-state index in [0.29, 0.717) is 0 Å². The van der Waals surface area contributed by atoms with Crippen molar-refractivity contribution in [2.75, 3.05) is 0 Å². The van der Waals surface area contributed by atoms with E-state index in [1.54, 1.807) is 11.3 Å². The summed E-state index contributed by atoms with van der Waals surface area (Å²) in [4.78, 5) is 0. The molecule has 1 nitrogen and oxygen atoms in total. The van der Waals surface area contributed by atoms with E-state index in [1.807, 2.05) is 0 Å². The number of para-hydroxylation sites is 2. The zero-order valence-electron chi connectivity index (χ0n) is 10.6. The van der Waals surface area contributed by atoms with Gasteiger partial charge in [0.25, 0.3) is 0 Å². The lowest BCUT2D eigenvalue weighted by molar-refractivity contribution is 1.15. The Morgan fingerprint density at radius 3 is 2.47 bits per heavy atom. The molecule has 0 aliphatic rings. The van der Waals surface area contributed by atoms with Gasteiger partial charge in [-0.2, -0.15) is 0 Å². The molecule has 0 aliphatic heterocycles. The lowest BCUT2D eigenvalue weighted by Crippen LogP contribution is -1.95. The molecule has 4 rings (SSSR count). The van der Waals surface area contributed by atoms with Crippen LogP contribution >= 0.6 is 11.3 Å². The van der Waals surface area contributed by atoms with Crippen molar-refractivity contribution in [3.63, 3.8) is 0 Å². The van der Waals surface area contributed by atoms with Gasteiger partial charge in [0, 0.05) is 27.2 Å². The van der Waals surface area contributed by atoms with Crippen molar-refractivity contribution in [3.8, 4) is 5.69 Å². The van der Waals surface area contributed by atoms with Gasteiger partial charge >= 0.3 is 0 Å². The van der Waals surface area contributed by atoms with E-state index in [-0.39, 0.29) is 0 Å². The van der Waals surface area contributed by atoms with Gasteiger partial charge in [0.1, 0.15) is 0 Å². The summed E-state index contributed by atoms with van der Waals surface area (Å²) in [5.41, 5.74) is 5.17. The molecule has 0 radical (unpaired) electrons. The molecule has 0 aliphatic carbocycles. The van der Waals surface area contributed by atoms with Crippen molar-refractivity contribution < 1.29 is 0 Å². The summed E-state index contributed by atoms with van der Waals surface area (Å²) in [6.45, 7) is 2.17. The average Bonchev–Trinajstić information content (AvgIpc) is 3.00. The lowest BCUT2D eigenvalue weighted by Gasteiger charge is -2.09. The van der Waals surface area contributed by atoms with Gasteiger partial charge in [0.2, 0.25) is 0 Å². The summed E-state index contributed by atoms with van der Waals surface area (Å²) in [6.07, 6.45) is 0. The maximum atomic E-state index is 2.37. The molecule has 0 atom stereocenters. The molecular weight excluding hydrogens is 250 g/mol. The van der Waals surface area contributed by atoms with Crippen molar-refractivity contribution in [2.45, 2.75) is 6.92 Å². The molecule has 19 heavy (non-hydrogen) atoms. The molecule has 2 heterocycles. The van der Waals surface area contributed by atoms with Crippen LogP contribution in [0.25, 0.3) is 27.5 Å². The van der Waals surface area contributed by atoms with E-state index < -0.39 is 0 Å². The number of aryl methyl sites for hydroxylation is 1. The summed E-state index contributed by atoms with van der Waals surface area (Å²) in [5.74, 6) is 0. The van der Waals surface area contributed by atoms with Gasteiger partial charge in [-0.05, 0) is 24.6 Å². The molecule has 0 fully saturated rings.